The van der Waals surface area contributed by atoms with Crippen molar-refractivity contribution in [3.05, 3.63) is 54.1 Å². The third kappa shape index (κ3) is 4.23. The fourth-order valence-corrected chi connectivity index (χ4v) is 3.87. The summed E-state index contributed by atoms with van der Waals surface area (Å²) in [6, 6.07) is 17.8. The van der Waals surface area contributed by atoms with Gasteiger partial charge >= 0.3 is 0 Å². The number of hydrogen-bond acceptors (Lipinski definition) is 3. The van der Waals surface area contributed by atoms with Gasteiger partial charge in [-0.2, -0.15) is 0 Å². The molecule has 0 radical (unpaired) electrons. The topological polar surface area (TPSA) is 24.5 Å². The second-order valence-corrected chi connectivity index (χ2v) is 7.20. The van der Waals surface area contributed by atoms with Gasteiger partial charge in [-0.15, -0.1) is 0 Å². The van der Waals surface area contributed by atoms with Gasteiger partial charge in [-0.1, -0.05) is 49.2 Å². The first-order chi connectivity index (χ1) is 12.4. The maximum atomic E-state index is 6.02. The highest BCUT2D eigenvalue weighted by molar-refractivity contribution is 5.68. The van der Waals surface area contributed by atoms with E-state index in [9.17, 15) is 0 Å². The van der Waals surface area contributed by atoms with Crippen molar-refractivity contribution in [1.82, 2.24) is 5.32 Å². The highest BCUT2D eigenvalue weighted by Crippen LogP contribution is 2.26. The molecule has 2 aromatic carbocycles. The maximum Gasteiger partial charge on any atom is 0.0720 e. The number of nitrogens with one attached hydrogen (secondary N) is 1. The maximum absolute atomic E-state index is 6.02. The Hall–Kier alpha value is -1.84. The van der Waals surface area contributed by atoms with Gasteiger partial charge in [0.05, 0.1) is 12.7 Å². The van der Waals surface area contributed by atoms with Gasteiger partial charge in [0.1, 0.15) is 0 Å². The number of nitrogens with zero attached hydrogens (tertiary/aromatic N) is 1. The average molecular weight is 336 g/mol. The van der Waals surface area contributed by atoms with Crippen molar-refractivity contribution in [2.24, 2.45) is 0 Å². The van der Waals surface area contributed by atoms with Crippen molar-refractivity contribution in [2.75, 3.05) is 31.1 Å². The summed E-state index contributed by atoms with van der Waals surface area (Å²) in [6.07, 6.45) is 5.60. The van der Waals surface area contributed by atoms with Crippen LogP contribution in [-0.4, -0.2) is 32.3 Å². The molecule has 0 aromatic heterocycles. The average Bonchev–Trinajstić information content (AvgIpc) is 3.21. The standard InChI is InChI=1S/C22H28N2O/c1-2-7-22(6-1)25-17-18-8-10-19(11-9-18)20-4-3-5-21(16-20)24-14-12-23-13-15-24/h3-5,8-11,16,22-23H,1-2,6-7,12-15,17H2. The molecule has 132 valence electrons. The molecule has 3 nitrogen and oxygen atoms in total. The smallest absolute Gasteiger partial charge is 0.0720 e. The van der Waals surface area contributed by atoms with Gasteiger partial charge in [0.25, 0.3) is 0 Å². The molecule has 0 atom stereocenters. The minimum atomic E-state index is 0.482. The SMILES string of the molecule is c1cc(-c2ccc(COC3CCCC3)cc2)cc(N2CCNCC2)c1. The van der Waals surface area contributed by atoms with Crippen LogP contribution in [0.1, 0.15) is 31.2 Å². The van der Waals surface area contributed by atoms with Crippen molar-refractivity contribution in [2.45, 2.75) is 38.4 Å². The highest BCUT2D eigenvalue weighted by atomic mass is 16.5. The van der Waals surface area contributed by atoms with Gasteiger partial charge < -0.3 is 15.0 Å². The van der Waals surface area contributed by atoms with Crippen LogP contribution in [0.15, 0.2) is 48.5 Å². The summed E-state index contributed by atoms with van der Waals surface area (Å²) >= 11 is 0. The molecule has 1 heterocycles. The Kier molecular flexibility index (Phi) is 5.34. The molecule has 0 spiro atoms. The van der Waals surface area contributed by atoms with Crippen LogP contribution in [0.25, 0.3) is 11.1 Å². The second-order valence-electron chi connectivity index (χ2n) is 7.20. The van der Waals surface area contributed by atoms with E-state index in [2.05, 4.69) is 58.7 Å². The van der Waals surface area contributed by atoms with Crippen LogP contribution in [0, 0.1) is 0 Å². The lowest BCUT2D eigenvalue weighted by molar-refractivity contribution is 0.0457. The zero-order valence-electron chi connectivity index (χ0n) is 14.9. The van der Waals surface area contributed by atoms with E-state index in [-0.39, 0.29) is 0 Å². The summed E-state index contributed by atoms with van der Waals surface area (Å²) in [5.41, 5.74) is 5.17. The van der Waals surface area contributed by atoms with Crippen molar-refractivity contribution >= 4 is 5.69 Å². The first-order valence-electron chi connectivity index (χ1n) is 9.65. The third-order valence-electron chi connectivity index (χ3n) is 5.40. The number of piperazine rings is 1. The molecule has 1 N–H and O–H groups in total. The molecule has 1 saturated carbocycles. The highest BCUT2D eigenvalue weighted by Gasteiger charge is 2.15. The monoisotopic (exact) mass is 336 g/mol. The predicted octanol–water partition coefficient (Wildman–Crippen LogP) is 4.22. The molecule has 0 unspecified atom stereocenters. The van der Waals surface area contributed by atoms with Gasteiger partial charge in [-0.3, -0.25) is 0 Å². The Morgan fingerprint density at radius 2 is 1.68 bits per heavy atom. The Labute approximate surface area is 151 Å². The fraction of sp³-hybridized carbons (Fsp3) is 0.455. The second kappa shape index (κ2) is 8.03. The van der Waals surface area contributed by atoms with E-state index in [0.717, 1.165) is 32.8 Å². The lowest BCUT2D eigenvalue weighted by atomic mass is 10.0. The number of ether oxygens (including phenoxy) is 1. The number of benzene rings is 2. The van der Waals surface area contributed by atoms with Gasteiger partial charge in [0, 0.05) is 31.9 Å². The fourth-order valence-electron chi connectivity index (χ4n) is 3.87. The van der Waals surface area contributed by atoms with E-state index in [1.165, 1.54) is 48.1 Å². The minimum Gasteiger partial charge on any atom is -0.374 e. The summed E-state index contributed by atoms with van der Waals surface area (Å²) in [6.45, 7) is 5.05. The van der Waals surface area contributed by atoms with Gasteiger partial charge in [0.2, 0.25) is 0 Å². The summed E-state index contributed by atoms with van der Waals surface area (Å²) in [5, 5.41) is 3.42. The quantitative estimate of drug-likeness (QED) is 0.884. The number of anilines is 1. The van der Waals surface area contributed by atoms with E-state index >= 15 is 0 Å². The summed E-state index contributed by atoms with van der Waals surface area (Å²) in [7, 11) is 0. The van der Waals surface area contributed by atoms with Crippen LogP contribution in [0.5, 0.6) is 0 Å². The van der Waals surface area contributed by atoms with Crippen LogP contribution in [0.4, 0.5) is 5.69 Å². The van der Waals surface area contributed by atoms with Crippen LogP contribution in [0.2, 0.25) is 0 Å². The zero-order valence-corrected chi connectivity index (χ0v) is 14.9. The molecule has 3 heteroatoms. The molecule has 2 aliphatic rings. The Bertz CT molecular complexity index is 671. The number of rotatable bonds is 5. The third-order valence-corrected chi connectivity index (χ3v) is 5.40. The summed E-state index contributed by atoms with van der Waals surface area (Å²) in [5.74, 6) is 0. The molecular weight excluding hydrogens is 308 g/mol. The van der Waals surface area contributed by atoms with Crippen molar-refractivity contribution in [3.8, 4) is 11.1 Å². The minimum absolute atomic E-state index is 0.482. The normalized spacial score (nSPS) is 18.6. The van der Waals surface area contributed by atoms with Crippen molar-refractivity contribution < 1.29 is 4.74 Å². The van der Waals surface area contributed by atoms with E-state index in [4.69, 9.17) is 4.74 Å². The van der Waals surface area contributed by atoms with Crippen LogP contribution in [0.3, 0.4) is 0 Å². The Morgan fingerprint density at radius 3 is 2.44 bits per heavy atom. The number of hydrogen-bond donors (Lipinski definition) is 1. The Morgan fingerprint density at radius 1 is 0.920 bits per heavy atom. The molecule has 2 fully saturated rings. The van der Waals surface area contributed by atoms with Crippen LogP contribution >= 0.6 is 0 Å². The molecule has 1 aliphatic carbocycles. The van der Waals surface area contributed by atoms with Crippen molar-refractivity contribution in [3.63, 3.8) is 0 Å². The van der Waals surface area contributed by atoms with Crippen LogP contribution < -0.4 is 10.2 Å². The predicted molar refractivity (Wildman–Crippen MR) is 104 cm³/mol. The Balaban J connectivity index is 1.42. The molecule has 0 amide bonds. The summed E-state index contributed by atoms with van der Waals surface area (Å²) in [4.78, 5) is 2.46. The van der Waals surface area contributed by atoms with E-state index in [1.54, 1.807) is 0 Å². The van der Waals surface area contributed by atoms with Gasteiger partial charge in [-0.05, 0) is 41.7 Å². The molecular formula is C22H28N2O. The zero-order chi connectivity index (χ0) is 16.9. The van der Waals surface area contributed by atoms with E-state index in [0.29, 0.717) is 6.10 Å². The largest absolute Gasteiger partial charge is 0.374 e. The summed E-state index contributed by atoms with van der Waals surface area (Å²) < 4.78 is 6.02. The van der Waals surface area contributed by atoms with E-state index < -0.39 is 0 Å². The van der Waals surface area contributed by atoms with Crippen molar-refractivity contribution in [1.29, 1.82) is 0 Å². The molecule has 2 aromatic rings. The molecule has 1 aliphatic heterocycles. The first-order valence-corrected chi connectivity index (χ1v) is 9.65. The molecule has 1 saturated heterocycles. The lowest BCUT2D eigenvalue weighted by Gasteiger charge is -2.29. The lowest BCUT2D eigenvalue weighted by Crippen LogP contribution is -2.43. The van der Waals surface area contributed by atoms with Gasteiger partial charge in [-0.25, -0.2) is 0 Å². The van der Waals surface area contributed by atoms with Crippen LogP contribution in [-0.2, 0) is 11.3 Å². The first kappa shape index (κ1) is 16.6. The molecule has 25 heavy (non-hydrogen) atoms. The van der Waals surface area contributed by atoms with E-state index in [1.807, 2.05) is 0 Å². The molecule has 4 rings (SSSR count). The molecule has 0 bridgehead atoms. The van der Waals surface area contributed by atoms with Gasteiger partial charge in [0.15, 0.2) is 0 Å².